The van der Waals surface area contributed by atoms with Gasteiger partial charge in [-0.3, -0.25) is 20.0 Å². The number of fused-ring (bicyclic) bond motifs is 1. The monoisotopic (exact) mass is 408 g/mol. The van der Waals surface area contributed by atoms with E-state index >= 15 is 0 Å². The van der Waals surface area contributed by atoms with Gasteiger partial charge in [-0.15, -0.1) is 0 Å². The molecule has 1 aliphatic heterocycles. The second-order valence-electron chi connectivity index (χ2n) is 6.01. The van der Waals surface area contributed by atoms with Gasteiger partial charge in [-0.25, -0.2) is 13.9 Å². The van der Waals surface area contributed by atoms with E-state index in [9.17, 15) is 13.2 Å². The van der Waals surface area contributed by atoms with Crippen molar-refractivity contribution in [1.29, 1.82) is 0 Å². The summed E-state index contributed by atoms with van der Waals surface area (Å²) in [7, 11) is -2.48. The largest absolute Gasteiger partial charge is 0.491 e. The minimum atomic E-state index is -4.04. The maximum absolute atomic E-state index is 13.2. The van der Waals surface area contributed by atoms with Crippen LogP contribution in [0.2, 0.25) is 0 Å². The van der Waals surface area contributed by atoms with E-state index in [4.69, 9.17) is 14.7 Å². The van der Waals surface area contributed by atoms with E-state index in [1.165, 1.54) is 42.1 Å². The van der Waals surface area contributed by atoms with E-state index in [2.05, 4.69) is 9.97 Å². The number of methoxy groups -OCH3 is 1. The molecule has 1 aliphatic rings. The Morgan fingerprint density at radius 2 is 1.89 bits per heavy atom. The van der Waals surface area contributed by atoms with Crippen molar-refractivity contribution >= 4 is 15.9 Å². The summed E-state index contributed by atoms with van der Waals surface area (Å²) in [4.78, 5) is 20.4. The molecule has 0 bridgehead atoms. The Morgan fingerprint density at radius 3 is 2.54 bits per heavy atom. The molecule has 1 atom stereocenters. The van der Waals surface area contributed by atoms with E-state index in [-0.39, 0.29) is 17.9 Å². The number of carbonyl (C=O) groups is 1. The molecule has 3 rings (SSSR count). The van der Waals surface area contributed by atoms with Gasteiger partial charge in [0.15, 0.2) is 0 Å². The van der Waals surface area contributed by atoms with Crippen molar-refractivity contribution in [1.82, 2.24) is 19.8 Å². The highest BCUT2D eigenvalue weighted by Crippen LogP contribution is 2.28. The van der Waals surface area contributed by atoms with Crippen LogP contribution in [0.3, 0.4) is 0 Å². The van der Waals surface area contributed by atoms with Crippen LogP contribution < -0.4 is 10.2 Å². The summed E-state index contributed by atoms with van der Waals surface area (Å²) in [6.07, 6.45) is 2.94. The van der Waals surface area contributed by atoms with Gasteiger partial charge in [0.2, 0.25) is 10.0 Å². The quantitative estimate of drug-likeness (QED) is 0.375. The fourth-order valence-electron chi connectivity index (χ4n) is 2.88. The summed E-state index contributed by atoms with van der Waals surface area (Å²) in [5, 5.41) is 9.04. The zero-order valence-electron chi connectivity index (χ0n) is 15.1. The summed E-state index contributed by atoms with van der Waals surface area (Å²) in [5.41, 5.74) is 2.52. The summed E-state index contributed by atoms with van der Waals surface area (Å²) in [6, 6.07) is 4.72. The van der Waals surface area contributed by atoms with Crippen LogP contribution in [0.5, 0.6) is 5.75 Å². The fraction of sp³-hybridized carbons (Fsp3) is 0.353. The molecule has 0 radical (unpaired) electrons. The van der Waals surface area contributed by atoms with Gasteiger partial charge in [-0.05, 0) is 24.3 Å². The van der Waals surface area contributed by atoms with E-state index in [1.807, 2.05) is 0 Å². The molecule has 1 aromatic heterocycles. The number of sulfonamides is 1. The van der Waals surface area contributed by atoms with Gasteiger partial charge in [-0.1, -0.05) is 0 Å². The van der Waals surface area contributed by atoms with Crippen LogP contribution >= 0.6 is 0 Å². The van der Waals surface area contributed by atoms with Crippen LogP contribution in [0.4, 0.5) is 0 Å². The van der Waals surface area contributed by atoms with Gasteiger partial charge >= 0.3 is 0 Å². The number of nitrogens with zero attached hydrogens (tertiary/aromatic N) is 3. The standard InChI is InChI=1S/C17H20N4O6S/c1-26-8-9-27-12-2-4-13(5-3-12)28(24,25)21-11-15-14(18-6-7-19-15)10-16(21)17(22)20-23/h2-7,16,23H,8-11H2,1H3,(H,20,22). The van der Waals surface area contributed by atoms with E-state index in [0.29, 0.717) is 30.4 Å². The molecular formula is C17H20N4O6S. The van der Waals surface area contributed by atoms with Gasteiger partial charge < -0.3 is 9.47 Å². The van der Waals surface area contributed by atoms with Gasteiger partial charge in [0.1, 0.15) is 18.4 Å². The lowest BCUT2D eigenvalue weighted by Crippen LogP contribution is -2.52. The molecule has 10 nitrogen and oxygen atoms in total. The van der Waals surface area contributed by atoms with Crippen molar-refractivity contribution in [2.45, 2.75) is 23.9 Å². The highest BCUT2D eigenvalue weighted by Gasteiger charge is 2.40. The number of rotatable bonds is 7. The van der Waals surface area contributed by atoms with Crippen LogP contribution in [-0.4, -0.2) is 60.2 Å². The van der Waals surface area contributed by atoms with Crippen molar-refractivity contribution in [2.24, 2.45) is 0 Å². The van der Waals surface area contributed by atoms with Gasteiger partial charge in [-0.2, -0.15) is 4.31 Å². The number of amides is 1. The minimum Gasteiger partial charge on any atom is -0.491 e. The molecule has 0 spiro atoms. The SMILES string of the molecule is COCCOc1ccc(S(=O)(=O)N2Cc3nccnc3CC2C(=O)NO)cc1. The Kier molecular flexibility index (Phi) is 6.19. The predicted molar refractivity (Wildman–Crippen MR) is 96.0 cm³/mol. The summed E-state index contributed by atoms with van der Waals surface area (Å²) in [5.74, 6) is -0.338. The summed E-state index contributed by atoms with van der Waals surface area (Å²) >= 11 is 0. The highest BCUT2D eigenvalue weighted by atomic mass is 32.2. The fourth-order valence-corrected chi connectivity index (χ4v) is 4.43. The van der Waals surface area contributed by atoms with Crippen molar-refractivity contribution in [3.8, 4) is 5.75 Å². The van der Waals surface area contributed by atoms with Crippen LogP contribution in [0.1, 0.15) is 11.4 Å². The number of hydrogen-bond acceptors (Lipinski definition) is 8. The molecule has 11 heteroatoms. The molecule has 0 fully saturated rings. The first-order valence-corrected chi connectivity index (χ1v) is 9.87. The first-order chi connectivity index (χ1) is 13.5. The third-order valence-electron chi connectivity index (χ3n) is 4.30. The molecule has 2 aromatic rings. The Bertz CT molecular complexity index is 935. The molecule has 2 N–H and O–H groups in total. The molecular weight excluding hydrogens is 388 g/mol. The molecule has 2 heterocycles. The Labute approximate surface area is 162 Å². The average Bonchev–Trinajstić information content (AvgIpc) is 2.72. The zero-order valence-corrected chi connectivity index (χ0v) is 15.9. The number of aromatic nitrogens is 2. The minimum absolute atomic E-state index is 0.00493. The van der Waals surface area contributed by atoms with E-state index in [0.717, 1.165) is 4.31 Å². The smallest absolute Gasteiger partial charge is 0.262 e. The lowest BCUT2D eigenvalue weighted by Gasteiger charge is -2.33. The van der Waals surface area contributed by atoms with Gasteiger partial charge in [0.05, 0.1) is 29.4 Å². The van der Waals surface area contributed by atoms with Gasteiger partial charge in [0.25, 0.3) is 5.91 Å². The molecule has 0 aliphatic carbocycles. The first kappa shape index (κ1) is 20.1. The number of benzene rings is 1. The molecule has 150 valence electrons. The predicted octanol–water partition coefficient (Wildman–Crippen LogP) is 0.123. The number of carbonyl (C=O) groups excluding carboxylic acids is 1. The third kappa shape index (κ3) is 4.12. The molecule has 0 saturated carbocycles. The number of ether oxygens (including phenoxy) is 2. The second kappa shape index (κ2) is 8.61. The zero-order chi connectivity index (χ0) is 20.1. The normalized spacial score (nSPS) is 17.0. The lowest BCUT2D eigenvalue weighted by atomic mass is 10.0. The van der Waals surface area contributed by atoms with Crippen molar-refractivity contribution in [2.75, 3.05) is 20.3 Å². The number of hydroxylamine groups is 1. The third-order valence-corrected chi connectivity index (χ3v) is 6.17. The Hall–Kier alpha value is -2.60. The summed E-state index contributed by atoms with van der Waals surface area (Å²) in [6.45, 7) is 0.616. The summed E-state index contributed by atoms with van der Waals surface area (Å²) < 4.78 is 37.7. The van der Waals surface area contributed by atoms with Crippen LogP contribution in [-0.2, 0) is 32.5 Å². The van der Waals surface area contributed by atoms with Crippen LogP contribution in [0, 0.1) is 0 Å². The van der Waals surface area contributed by atoms with Crippen molar-refractivity contribution in [3.05, 3.63) is 48.0 Å². The van der Waals surface area contributed by atoms with E-state index < -0.39 is 22.0 Å². The Morgan fingerprint density at radius 1 is 1.21 bits per heavy atom. The van der Waals surface area contributed by atoms with Crippen molar-refractivity contribution in [3.63, 3.8) is 0 Å². The average molecular weight is 408 g/mol. The second-order valence-corrected chi connectivity index (χ2v) is 7.90. The van der Waals surface area contributed by atoms with Gasteiger partial charge in [0, 0.05) is 25.9 Å². The topological polar surface area (TPSA) is 131 Å². The maximum atomic E-state index is 13.2. The number of nitrogens with one attached hydrogen (secondary N) is 1. The first-order valence-electron chi connectivity index (χ1n) is 8.43. The molecule has 1 unspecified atom stereocenters. The number of hydrogen-bond donors (Lipinski definition) is 2. The molecule has 1 aromatic carbocycles. The lowest BCUT2D eigenvalue weighted by molar-refractivity contribution is -0.133. The van der Waals surface area contributed by atoms with E-state index in [1.54, 1.807) is 7.11 Å². The Balaban J connectivity index is 1.89. The van der Waals surface area contributed by atoms with Crippen LogP contribution in [0.15, 0.2) is 41.6 Å². The molecule has 1 amide bonds. The molecule has 28 heavy (non-hydrogen) atoms. The highest BCUT2D eigenvalue weighted by molar-refractivity contribution is 7.89. The van der Waals surface area contributed by atoms with Crippen molar-refractivity contribution < 1.29 is 27.9 Å². The van der Waals surface area contributed by atoms with Crippen LogP contribution in [0.25, 0.3) is 0 Å². The molecule has 0 saturated heterocycles. The maximum Gasteiger partial charge on any atom is 0.262 e.